The quantitative estimate of drug-likeness (QED) is 0.639. The van der Waals surface area contributed by atoms with Crippen LogP contribution in [0.1, 0.15) is 18.4 Å². The van der Waals surface area contributed by atoms with Crippen molar-refractivity contribution in [2.45, 2.75) is 19.3 Å². The van der Waals surface area contributed by atoms with E-state index in [9.17, 15) is 14.4 Å². The average molecular weight is 403 g/mol. The number of nitrogens with one attached hydrogen (secondary N) is 1. The lowest BCUT2D eigenvalue weighted by molar-refractivity contribution is -0.146. The first-order valence-corrected chi connectivity index (χ1v) is 9.79. The maximum Gasteiger partial charge on any atom is 0.310 e. The zero-order chi connectivity index (χ0) is 20.9. The van der Waals surface area contributed by atoms with E-state index < -0.39 is 11.9 Å². The summed E-state index contributed by atoms with van der Waals surface area (Å²) in [7, 11) is 0. The van der Waals surface area contributed by atoms with E-state index in [1.165, 1.54) is 0 Å². The molecule has 1 aliphatic heterocycles. The molecule has 1 aliphatic rings. The lowest BCUT2D eigenvalue weighted by Crippen LogP contribution is -2.24. The van der Waals surface area contributed by atoms with Gasteiger partial charge in [0.2, 0.25) is 5.91 Å². The maximum absolute atomic E-state index is 12.2. The molecule has 2 aromatic carbocycles. The molecule has 0 saturated carbocycles. The number of aromatic nitrogens is 1. The second-order valence-electron chi connectivity index (χ2n) is 7.08. The number of para-hydroxylation sites is 1. The molecule has 0 bridgehead atoms. The van der Waals surface area contributed by atoms with E-state index in [2.05, 4.69) is 10.3 Å². The van der Waals surface area contributed by atoms with Crippen molar-refractivity contribution in [1.29, 1.82) is 0 Å². The minimum absolute atomic E-state index is 0.0359. The summed E-state index contributed by atoms with van der Waals surface area (Å²) in [6.45, 7) is 0.292. The number of carbonyl (C=O) groups is 3. The highest BCUT2D eigenvalue weighted by Gasteiger charge is 2.21. The molecule has 0 radical (unpaired) electrons. The van der Waals surface area contributed by atoms with Crippen LogP contribution in [0.3, 0.4) is 0 Å². The number of ether oxygens (including phenoxy) is 1. The summed E-state index contributed by atoms with van der Waals surface area (Å²) in [5.41, 5.74) is 2.79. The highest BCUT2D eigenvalue weighted by Crippen LogP contribution is 2.24. The Labute approximate surface area is 173 Å². The van der Waals surface area contributed by atoms with Crippen molar-refractivity contribution in [2.24, 2.45) is 0 Å². The number of amides is 2. The number of esters is 1. The average Bonchev–Trinajstić information content (AvgIpc) is 3.19. The molecule has 4 rings (SSSR count). The highest BCUT2D eigenvalue weighted by atomic mass is 16.5. The Balaban J connectivity index is 1.32. The maximum atomic E-state index is 12.2. The van der Waals surface area contributed by atoms with Gasteiger partial charge in [0.15, 0.2) is 6.61 Å². The number of pyridine rings is 1. The molecule has 0 unspecified atom stereocenters. The molecule has 1 fully saturated rings. The second-order valence-corrected chi connectivity index (χ2v) is 7.08. The summed E-state index contributed by atoms with van der Waals surface area (Å²) in [6, 6.07) is 16.4. The van der Waals surface area contributed by atoms with Crippen molar-refractivity contribution in [3.05, 3.63) is 66.4 Å². The summed E-state index contributed by atoms with van der Waals surface area (Å²) in [5, 5.41) is 3.64. The van der Waals surface area contributed by atoms with Crippen LogP contribution < -0.4 is 10.2 Å². The van der Waals surface area contributed by atoms with Gasteiger partial charge in [-0.05, 0) is 36.2 Å². The molecule has 1 N–H and O–H groups in total. The third-order valence-corrected chi connectivity index (χ3v) is 4.93. The van der Waals surface area contributed by atoms with E-state index in [0.29, 0.717) is 18.7 Å². The first kappa shape index (κ1) is 19.6. The van der Waals surface area contributed by atoms with Crippen LogP contribution in [0.15, 0.2) is 60.8 Å². The number of rotatable bonds is 6. The number of fused-ring (bicyclic) bond motifs is 1. The number of benzene rings is 2. The smallest absolute Gasteiger partial charge is 0.310 e. The van der Waals surface area contributed by atoms with Gasteiger partial charge < -0.3 is 15.0 Å². The molecule has 1 aromatic heterocycles. The Morgan fingerprint density at radius 2 is 1.93 bits per heavy atom. The van der Waals surface area contributed by atoms with Crippen LogP contribution in [0, 0.1) is 0 Å². The Morgan fingerprint density at radius 3 is 2.77 bits per heavy atom. The third-order valence-electron chi connectivity index (χ3n) is 4.93. The zero-order valence-electron chi connectivity index (χ0n) is 16.3. The number of anilines is 2. The lowest BCUT2D eigenvalue weighted by atomic mass is 10.1. The van der Waals surface area contributed by atoms with Gasteiger partial charge in [-0.25, -0.2) is 0 Å². The van der Waals surface area contributed by atoms with Crippen molar-refractivity contribution in [3.63, 3.8) is 0 Å². The van der Waals surface area contributed by atoms with Gasteiger partial charge >= 0.3 is 5.97 Å². The van der Waals surface area contributed by atoms with Crippen molar-refractivity contribution in [1.82, 2.24) is 4.98 Å². The number of hydrogen-bond acceptors (Lipinski definition) is 5. The second kappa shape index (κ2) is 8.73. The van der Waals surface area contributed by atoms with Crippen LogP contribution in [0.5, 0.6) is 0 Å². The largest absolute Gasteiger partial charge is 0.455 e. The Hall–Kier alpha value is -3.74. The van der Waals surface area contributed by atoms with Gasteiger partial charge in [0.1, 0.15) is 0 Å². The lowest BCUT2D eigenvalue weighted by Gasteiger charge is -2.16. The minimum atomic E-state index is -0.500. The molecule has 1 saturated heterocycles. The summed E-state index contributed by atoms with van der Waals surface area (Å²) in [5.74, 6) is -0.862. The molecule has 7 nitrogen and oxygen atoms in total. The van der Waals surface area contributed by atoms with Crippen LogP contribution >= 0.6 is 0 Å². The predicted molar refractivity (Wildman–Crippen MR) is 113 cm³/mol. The molecule has 0 spiro atoms. The molecule has 30 heavy (non-hydrogen) atoms. The summed E-state index contributed by atoms with van der Waals surface area (Å²) >= 11 is 0. The first-order valence-electron chi connectivity index (χ1n) is 9.79. The van der Waals surface area contributed by atoms with E-state index in [4.69, 9.17) is 4.74 Å². The number of nitrogens with zero attached hydrogens (tertiary/aromatic N) is 2. The topological polar surface area (TPSA) is 88.6 Å². The Morgan fingerprint density at radius 1 is 1.10 bits per heavy atom. The molecule has 0 atom stereocenters. The monoisotopic (exact) mass is 403 g/mol. The number of carbonyl (C=O) groups excluding carboxylic acids is 3. The van der Waals surface area contributed by atoms with Crippen LogP contribution in [0.25, 0.3) is 10.9 Å². The van der Waals surface area contributed by atoms with Gasteiger partial charge in [-0.1, -0.05) is 30.3 Å². The minimum Gasteiger partial charge on any atom is -0.455 e. The van der Waals surface area contributed by atoms with E-state index >= 15 is 0 Å². The molecule has 152 valence electrons. The molecule has 0 aliphatic carbocycles. The molecular formula is C23H21N3O4. The fourth-order valence-corrected chi connectivity index (χ4v) is 3.53. The zero-order valence-corrected chi connectivity index (χ0v) is 16.3. The van der Waals surface area contributed by atoms with Gasteiger partial charge in [-0.3, -0.25) is 19.4 Å². The molecule has 3 aromatic rings. The Bertz CT molecular complexity index is 1110. The molecule has 2 amide bonds. The summed E-state index contributed by atoms with van der Waals surface area (Å²) in [6.07, 6.45) is 3.08. The number of hydrogen-bond donors (Lipinski definition) is 1. The van der Waals surface area contributed by atoms with Gasteiger partial charge in [-0.2, -0.15) is 0 Å². The van der Waals surface area contributed by atoms with Crippen LogP contribution in [-0.2, 0) is 25.5 Å². The van der Waals surface area contributed by atoms with E-state index in [-0.39, 0.29) is 18.9 Å². The van der Waals surface area contributed by atoms with E-state index in [1.54, 1.807) is 29.3 Å². The van der Waals surface area contributed by atoms with E-state index in [1.807, 2.05) is 36.4 Å². The first-order chi connectivity index (χ1) is 14.6. The fourth-order valence-electron chi connectivity index (χ4n) is 3.53. The van der Waals surface area contributed by atoms with Crippen LogP contribution in [0.2, 0.25) is 0 Å². The summed E-state index contributed by atoms with van der Waals surface area (Å²) in [4.78, 5) is 42.3. The van der Waals surface area contributed by atoms with Gasteiger partial charge in [0.05, 0.1) is 11.9 Å². The molecule has 7 heteroatoms. The van der Waals surface area contributed by atoms with Crippen LogP contribution in [-0.4, -0.2) is 35.9 Å². The highest BCUT2D eigenvalue weighted by molar-refractivity contribution is 5.97. The van der Waals surface area contributed by atoms with Gasteiger partial charge in [-0.15, -0.1) is 0 Å². The third kappa shape index (κ3) is 4.46. The standard InChI is InChI=1S/C23H21N3O4/c27-20(25-18-8-2-9-19(14-18)26-12-4-10-21(26)28)15-30-22(29)13-17-6-1-5-16-7-3-11-24-23(16)17/h1-3,5-9,11,14H,4,10,12-13,15H2,(H,25,27). The van der Waals surface area contributed by atoms with E-state index in [0.717, 1.165) is 28.6 Å². The van der Waals surface area contributed by atoms with Crippen molar-refractivity contribution in [2.75, 3.05) is 23.4 Å². The molecular weight excluding hydrogens is 382 g/mol. The molecule has 2 heterocycles. The van der Waals surface area contributed by atoms with Crippen LogP contribution in [0.4, 0.5) is 11.4 Å². The van der Waals surface area contributed by atoms with Crippen molar-refractivity contribution in [3.8, 4) is 0 Å². The van der Waals surface area contributed by atoms with Crippen molar-refractivity contribution < 1.29 is 19.1 Å². The van der Waals surface area contributed by atoms with Crippen molar-refractivity contribution >= 4 is 40.1 Å². The van der Waals surface area contributed by atoms with Gasteiger partial charge in [0, 0.05) is 35.9 Å². The summed E-state index contributed by atoms with van der Waals surface area (Å²) < 4.78 is 5.13. The SMILES string of the molecule is O=C(COC(=O)Cc1cccc2cccnc12)Nc1cccc(N2CCCC2=O)c1. The van der Waals surface area contributed by atoms with Gasteiger partial charge in [0.25, 0.3) is 5.91 Å². The normalized spacial score (nSPS) is 13.5. The Kier molecular flexibility index (Phi) is 5.70. The fraction of sp³-hybridized carbons (Fsp3) is 0.217. The predicted octanol–water partition coefficient (Wildman–Crippen LogP) is 3.09.